The van der Waals surface area contributed by atoms with E-state index in [0.717, 1.165) is 0 Å². The zero-order valence-electron chi connectivity index (χ0n) is 13.5. The topological polar surface area (TPSA) is 161 Å². The lowest BCUT2D eigenvalue weighted by Crippen LogP contribution is -2.35. The van der Waals surface area contributed by atoms with Gasteiger partial charge in [-0.05, 0) is 0 Å². The van der Waals surface area contributed by atoms with Crippen LogP contribution in [0.15, 0.2) is 0 Å². The molecule has 2 fully saturated rings. The van der Waals surface area contributed by atoms with E-state index in [-0.39, 0.29) is 0 Å². The van der Waals surface area contributed by atoms with Crippen molar-refractivity contribution in [2.75, 3.05) is 13.2 Å². The van der Waals surface area contributed by atoms with E-state index in [2.05, 4.69) is 13.6 Å². The Bertz CT molecular complexity index is 612. The summed E-state index contributed by atoms with van der Waals surface area (Å²) in [6.07, 6.45) is -10.8. The van der Waals surface area contributed by atoms with Crippen molar-refractivity contribution in [1.82, 2.24) is 0 Å². The highest BCUT2D eigenvalue weighted by atomic mass is 31.2. The van der Waals surface area contributed by atoms with Crippen LogP contribution in [0.3, 0.4) is 0 Å². The molecule has 2 heterocycles. The Kier molecular flexibility index (Phi) is 7.66. The van der Waals surface area contributed by atoms with Gasteiger partial charge >= 0.3 is 15.6 Å². The minimum atomic E-state index is -5.13. The Balaban J connectivity index is 1.99. The molecular weight excluding hydrogens is 418 g/mol. The van der Waals surface area contributed by atoms with Crippen LogP contribution in [0.25, 0.3) is 0 Å². The highest BCUT2D eigenvalue weighted by Gasteiger charge is 2.49. The Morgan fingerprint density at radius 2 is 1.41 bits per heavy atom. The third kappa shape index (κ3) is 6.03. The Morgan fingerprint density at radius 3 is 1.89 bits per heavy atom. The summed E-state index contributed by atoms with van der Waals surface area (Å²) in [5, 5.41) is 9.07. The van der Waals surface area contributed by atoms with Crippen molar-refractivity contribution in [1.29, 1.82) is 0 Å². The molecule has 2 rings (SSSR count). The number of rotatable bonds is 8. The largest absolute Gasteiger partial charge is 0.472 e. The second kappa shape index (κ2) is 8.85. The molecule has 0 aromatic rings. The number of hydrogen-bond donors (Lipinski definition) is 4. The van der Waals surface area contributed by atoms with Gasteiger partial charge < -0.3 is 29.3 Å². The molecule has 11 nitrogen and oxygen atoms in total. The van der Waals surface area contributed by atoms with Gasteiger partial charge in [0.1, 0.15) is 52.5 Å². The summed E-state index contributed by atoms with van der Waals surface area (Å²) in [5.41, 5.74) is 0. The molecule has 0 aromatic carbocycles. The first-order valence-corrected chi connectivity index (χ1v) is 10.5. The van der Waals surface area contributed by atoms with Crippen molar-refractivity contribution in [3.8, 4) is 0 Å². The fourth-order valence-electron chi connectivity index (χ4n) is 2.54. The van der Waals surface area contributed by atoms with Gasteiger partial charge in [0.25, 0.3) is 0 Å². The molecule has 2 saturated heterocycles. The van der Waals surface area contributed by atoms with E-state index in [0.29, 0.717) is 0 Å². The first-order chi connectivity index (χ1) is 12.3. The average molecular weight is 434 g/mol. The van der Waals surface area contributed by atoms with E-state index >= 15 is 0 Å². The minimum absolute atomic E-state index is 0.763. The molecule has 9 atom stereocenters. The van der Waals surface area contributed by atoms with Crippen LogP contribution in [-0.4, -0.2) is 97.5 Å². The molecule has 4 N–H and O–H groups in total. The average Bonchev–Trinajstić information content (AvgIpc) is 2.96. The van der Waals surface area contributed by atoms with E-state index in [1.54, 1.807) is 0 Å². The Labute approximate surface area is 154 Å². The highest BCUT2D eigenvalue weighted by Crippen LogP contribution is 2.49. The Hall–Kier alpha value is 0.0899. The lowest BCUT2D eigenvalue weighted by atomic mass is 9.94. The van der Waals surface area contributed by atoms with Crippen molar-refractivity contribution in [3.05, 3.63) is 0 Å². The number of aliphatic hydroxyl groups excluding tert-OH is 1. The summed E-state index contributed by atoms with van der Waals surface area (Å²) in [7, 11) is 0.392. The molecule has 0 spiro atoms. The lowest BCUT2D eigenvalue weighted by Gasteiger charge is -2.24. The molecule has 17 heteroatoms. The fourth-order valence-corrected chi connectivity index (χ4v) is 4.06. The molecular formula is C10H16B2F2O11P2. The normalized spacial score (nSPS) is 42.3. The van der Waals surface area contributed by atoms with E-state index in [4.69, 9.17) is 40.1 Å². The van der Waals surface area contributed by atoms with E-state index < -0.39 is 77.6 Å². The molecule has 2 aliphatic heterocycles. The van der Waals surface area contributed by atoms with Gasteiger partial charge in [-0.1, -0.05) is 0 Å². The maximum atomic E-state index is 13.9. The summed E-state index contributed by atoms with van der Waals surface area (Å²) >= 11 is 0. The van der Waals surface area contributed by atoms with Crippen LogP contribution in [0.4, 0.5) is 8.78 Å². The van der Waals surface area contributed by atoms with Gasteiger partial charge in [-0.25, -0.2) is 17.9 Å². The second-order valence-corrected chi connectivity index (χ2v) is 8.34. The van der Waals surface area contributed by atoms with Crippen LogP contribution in [0.1, 0.15) is 0 Å². The third-order valence-electron chi connectivity index (χ3n) is 3.75. The number of halogens is 2. The zero-order valence-corrected chi connectivity index (χ0v) is 15.3. The van der Waals surface area contributed by atoms with Gasteiger partial charge in [-0.15, -0.1) is 0 Å². The standard InChI is InChI=1S/C10H16B2F2O11P2/c11-9-5(13)7(3(1-15)22-9)25-27(19,20)21-2-4-8(24-26(16,17)18)6(14)10(12)23-4/h3-10,15H,1-2H2,(H,19,20)(H2,16,17,18)/t3-,4-,5?,6?,7?,8?,9-,10-/m1/s1. The molecule has 27 heavy (non-hydrogen) atoms. The molecule has 0 bridgehead atoms. The Morgan fingerprint density at radius 1 is 0.926 bits per heavy atom. The maximum Gasteiger partial charge on any atom is 0.472 e. The molecule has 4 radical (unpaired) electrons. The van der Waals surface area contributed by atoms with Gasteiger partial charge in [0, 0.05) is 0 Å². The molecule has 0 amide bonds. The summed E-state index contributed by atoms with van der Waals surface area (Å²) < 4.78 is 73.6. The van der Waals surface area contributed by atoms with Crippen LogP contribution >= 0.6 is 15.6 Å². The summed E-state index contributed by atoms with van der Waals surface area (Å²) in [5.74, 6) is 0. The summed E-state index contributed by atoms with van der Waals surface area (Å²) in [6, 6.07) is -3.14. The van der Waals surface area contributed by atoms with Gasteiger partial charge in [0.2, 0.25) is 0 Å². The lowest BCUT2D eigenvalue weighted by molar-refractivity contribution is -0.0276. The quantitative estimate of drug-likeness (QED) is 0.258. The molecule has 0 aliphatic carbocycles. The molecule has 0 aromatic heterocycles. The maximum absolute atomic E-state index is 13.9. The number of aliphatic hydroxyl groups is 1. The van der Waals surface area contributed by atoms with Gasteiger partial charge in [0.05, 0.1) is 25.2 Å². The van der Waals surface area contributed by atoms with Crippen molar-refractivity contribution < 1.29 is 60.7 Å². The van der Waals surface area contributed by atoms with E-state index in [1.807, 2.05) is 0 Å². The highest BCUT2D eigenvalue weighted by molar-refractivity contribution is 7.47. The third-order valence-corrected chi connectivity index (χ3v) is 5.25. The SMILES string of the molecule is [B][C@@H]1O[C@H](COP(=O)(O)OC2C(F)[C@H]([B])O[C@@H]2CO)C(OP(=O)(O)O)C1F. The van der Waals surface area contributed by atoms with Crippen molar-refractivity contribution in [2.45, 2.75) is 48.8 Å². The molecule has 0 saturated carbocycles. The van der Waals surface area contributed by atoms with Crippen LogP contribution in [0.2, 0.25) is 0 Å². The van der Waals surface area contributed by atoms with Crippen LogP contribution < -0.4 is 0 Å². The summed E-state index contributed by atoms with van der Waals surface area (Å²) in [4.78, 5) is 27.3. The van der Waals surface area contributed by atoms with Gasteiger partial charge in [0.15, 0.2) is 0 Å². The minimum Gasteiger partial charge on any atom is -0.394 e. The predicted molar refractivity (Wildman–Crippen MR) is 83.3 cm³/mol. The fraction of sp³-hybridized carbons (Fsp3) is 1.00. The molecule has 5 unspecified atom stereocenters. The van der Waals surface area contributed by atoms with Crippen molar-refractivity contribution in [2.24, 2.45) is 0 Å². The number of hydrogen-bond acceptors (Lipinski definition) is 8. The smallest absolute Gasteiger partial charge is 0.394 e. The van der Waals surface area contributed by atoms with Crippen LogP contribution in [0, 0.1) is 0 Å². The van der Waals surface area contributed by atoms with Crippen molar-refractivity contribution in [3.63, 3.8) is 0 Å². The number of ether oxygens (including phenoxy) is 2. The number of phosphoric ester groups is 2. The number of alkyl halides is 2. The zero-order chi connectivity index (χ0) is 20.6. The number of phosphoric acid groups is 2. The monoisotopic (exact) mass is 434 g/mol. The summed E-state index contributed by atoms with van der Waals surface area (Å²) in [6.45, 7) is -1.70. The van der Waals surface area contributed by atoms with Crippen molar-refractivity contribution >= 4 is 31.3 Å². The van der Waals surface area contributed by atoms with E-state index in [9.17, 15) is 22.8 Å². The van der Waals surface area contributed by atoms with E-state index in [1.165, 1.54) is 0 Å². The molecule has 152 valence electrons. The van der Waals surface area contributed by atoms with Gasteiger partial charge in [-0.3, -0.25) is 13.6 Å². The first-order valence-electron chi connectivity index (χ1n) is 7.45. The van der Waals surface area contributed by atoms with Crippen LogP contribution in [-0.2, 0) is 32.2 Å². The molecule has 2 aliphatic rings. The van der Waals surface area contributed by atoms with Crippen LogP contribution in [0.5, 0.6) is 0 Å². The first kappa shape index (κ1) is 23.4. The van der Waals surface area contributed by atoms with Gasteiger partial charge in [-0.2, -0.15) is 0 Å². The second-order valence-electron chi connectivity index (χ2n) is 5.74. The predicted octanol–water partition coefficient (Wildman–Crippen LogP) is -1.58.